The van der Waals surface area contributed by atoms with E-state index in [0.29, 0.717) is 27.3 Å². The van der Waals surface area contributed by atoms with E-state index in [2.05, 4.69) is 5.32 Å². The van der Waals surface area contributed by atoms with Crippen molar-refractivity contribution in [3.8, 4) is 5.75 Å². The van der Waals surface area contributed by atoms with Gasteiger partial charge in [-0.05, 0) is 54.2 Å². The molecule has 1 aliphatic heterocycles. The van der Waals surface area contributed by atoms with Crippen molar-refractivity contribution < 1.29 is 23.5 Å². The van der Waals surface area contributed by atoms with E-state index in [-0.39, 0.29) is 4.91 Å². The number of nitrogens with one attached hydrogen (secondary N) is 1. The zero-order valence-corrected chi connectivity index (χ0v) is 19.6. The molecule has 2 aromatic carbocycles. The standard InChI is InChI=1S/C23H17ClN2O5S2/c1-30-18-9-7-14(11-17(18)24)25-20(27)13-26-22(28)19(33-23(26)29)12-15-8-10-21(31-15)32-16-5-3-2-4-6-16/h2-12H,13H2,1H3,(H,25,27)/b19-12-. The quantitative estimate of drug-likeness (QED) is 0.412. The molecule has 168 valence electrons. The van der Waals surface area contributed by atoms with Gasteiger partial charge in [0.1, 0.15) is 18.1 Å². The van der Waals surface area contributed by atoms with Crippen molar-refractivity contribution in [2.45, 2.75) is 9.99 Å². The molecule has 3 amide bonds. The van der Waals surface area contributed by atoms with E-state index in [1.54, 1.807) is 24.3 Å². The first-order chi connectivity index (χ1) is 15.9. The molecule has 3 aromatic rings. The number of furan rings is 1. The fourth-order valence-electron chi connectivity index (χ4n) is 2.93. The number of thioether (sulfide) groups is 1. The van der Waals surface area contributed by atoms with Gasteiger partial charge in [-0.15, -0.1) is 0 Å². The highest BCUT2D eigenvalue weighted by atomic mass is 35.5. The van der Waals surface area contributed by atoms with Gasteiger partial charge in [0.2, 0.25) is 5.91 Å². The van der Waals surface area contributed by atoms with Crippen molar-refractivity contribution in [3.05, 3.63) is 76.4 Å². The van der Waals surface area contributed by atoms with E-state index in [0.717, 1.165) is 21.6 Å². The summed E-state index contributed by atoms with van der Waals surface area (Å²) in [5.41, 5.74) is 0.423. The van der Waals surface area contributed by atoms with Crippen molar-refractivity contribution in [3.63, 3.8) is 0 Å². The number of hydrogen-bond acceptors (Lipinski definition) is 7. The van der Waals surface area contributed by atoms with Gasteiger partial charge in [-0.2, -0.15) is 0 Å². The van der Waals surface area contributed by atoms with Crippen molar-refractivity contribution >= 4 is 63.9 Å². The molecule has 4 rings (SSSR count). The molecule has 1 aliphatic rings. The van der Waals surface area contributed by atoms with Gasteiger partial charge in [-0.25, -0.2) is 0 Å². The molecule has 0 atom stereocenters. The first-order valence-electron chi connectivity index (χ1n) is 9.64. The number of carbonyl (C=O) groups is 3. The lowest BCUT2D eigenvalue weighted by atomic mass is 10.3. The summed E-state index contributed by atoms with van der Waals surface area (Å²) in [5.74, 6) is -0.175. The molecule has 1 fully saturated rings. The zero-order valence-electron chi connectivity index (χ0n) is 17.2. The molecular formula is C23H17ClN2O5S2. The van der Waals surface area contributed by atoms with Crippen LogP contribution in [0.2, 0.25) is 5.02 Å². The molecule has 0 unspecified atom stereocenters. The minimum atomic E-state index is -0.554. The molecule has 0 bridgehead atoms. The van der Waals surface area contributed by atoms with Crippen LogP contribution in [-0.2, 0) is 9.59 Å². The second-order valence-electron chi connectivity index (χ2n) is 6.74. The lowest BCUT2D eigenvalue weighted by Crippen LogP contribution is -2.36. The monoisotopic (exact) mass is 500 g/mol. The molecule has 1 aromatic heterocycles. The number of carbonyl (C=O) groups excluding carboxylic acids is 3. The van der Waals surface area contributed by atoms with Gasteiger partial charge in [0.05, 0.1) is 17.0 Å². The maximum atomic E-state index is 12.7. The topological polar surface area (TPSA) is 88.8 Å². The summed E-state index contributed by atoms with van der Waals surface area (Å²) in [6.45, 7) is -0.418. The van der Waals surface area contributed by atoms with Gasteiger partial charge < -0.3 is 14.5 Å². The number of halogens is 1. The second kappa shape index (κ2) is 10.2. The Morgan fingerprint density at radius 2 is 1.97 bits per heavy atom. The molecule has 0 radical (unpaired) electrons. The number of rotatable bonds is 7. The number of amides is 3. The van der Waals surface area contributed by atoms with Gasteiger partial charge in [0, 0.05) is 16.7 Å². The van der Waals surface area contributed by atoms with E-state index in [9.17, 15) is 14.4 Å². The summed E-state index contributed by atoms with van der Waals surface area (Å²) in [5, 5.41) is 3.07. The molecule has 1 saturated heterocycles. The third-order valence-electron chi connectivity index (χ3n) is 4.45. The normalized spacial score (nSPS) is 14.7. The largest absolute Gasteiger partial charge is 0.495 e. The van der Waals surface area contributed by atoms with Gasteiger partial charge in [-0.3, -0.25) is 19.3 Å². The number of imide groups is 1. The molecule has 1 N–H and O–H groups in total. The van der Waals surface area contributed by atoms with Crippen LogP contribution in [0, 0.1) is 0 Å². The van der Waals surface area contributed by atoms with Crippen LogP contribution >= 0.6 is 35.1 Å². The van der Waals surface area contributed by atoms with E-state index in [1.165, 1.54) is 31.0 Å². The molecule has 0 aliphatic carbocycles. The summed E-state index contributed by atoms with van der Waals surface area (Å²) in [6, 6.07) is 18.0. The molecule has 0 saturated carbocycles. The van der Waals surface area contributed by atoms with Crippen LogP contribution in [0.5, 0.6) is 5.75 Å². The van der Waals surface area contributed by atoms with Crippen LogP contribution in [0.25, 0.3) is 6.08 Å². The van der Waals surface area contributed by atoms with E-state index in [1.807, 2.05) is 30.3 Å². The maximum Gasteiger partial charge on any atom is 0.294 e. The summed E-state index contributed by atoms with van der Waals surface area (Å²) >= 11 is 8.26. The van der Waals surface area contributed by atoms with Crippen LogP contribution in [0.4, 0.5) is 10.5 Å². The highest BCUT2D eigenvalue weighted by Crippen LogP contribution is 2.34. The summed E-state index contributed by atoms with van der Waals surface area (Å²) in [7, 11) is 1.48. The number of benzene rings is 2. The SMILES string of the molecule is COc1ccc(NC(=O)CN2C(=O)S/C(=C\c3ccc(Sc4ccccc4)o3)C2=O)cc1Cl. The smallest absolute Gasteiger partial charge is 0.294 e. The number of hydrogen-bond donors (Lipinski definition) is 1. The Morgan fingerprint density at radius 3 is 2.70 bits per heavy atom. The summed E-state index contributed by atoms with van der Waals surface area (Å²) in [4.78, 5) is 39.5. The highest BCUT2D eigenvalue weighted by molar-refractivity contribution is 8.18. The Hall–Kier alpha value is -3.14. The van der Waals surface area contributed by atoms with Gasteiger partial charge in [0.15, 0.2) is 5.09 Å². The lowest BCUT2D eigenvalue weighted by Gasteiger charge is -2.13. The third-order valence-corrected chi connectivity index (χ3v) is 6.58. The molecule has 10 heteroatoms. The number of anilines is 1. The molecular weight excluding hydrogens is 484 g/mol. The van der Waals surface area contributed by atoms with Crippen LogP contribution in [0.3, 0.4) is 0 Å². The van der Waals surface area contributed by atoms with E-state index < -0.39 is 23.6 Å². The Kier molecular flexibility index (Phi) is 7.12. The Balaban J connectivity index is 1.39. The first-order valence-corrected chi connectivity index (χ1v) is 11.7. The number of methoxy groups -OCH3 is 1. The fourth-order valence-corrected chi connectivity index (χ4v) is 4.80. The molecule has 0 spiro atoms. The number of nitrogens with zero attached hydrogens (tertiary/aromatic N) is 1. The predicted molar refractivity (Wildman–Crippen MR) is 129 cm³/mol. The van der Waals surface area contributed by atoms with Crippen LogP contribution in [0.1, 0.15) is 5.76 Å². The van der Waals surface area contributed by atoms with Crippen LogP contribution in [-0.4, -0.2) is 35.6 Å². The van der Waals surface area contributed by atoms with Crippen LogP contribution < -0.4 is 10.1 Å². The first kappa shape index (κ1) is 23.0. The van der Waals surface area contributed by atoms with Crippen molar-refractivity contribution in [1.82, 2.24) is 4.90 Å². The minimum absolute atomic E-state index is 0.186. The Bertz CT molecular complexity index is 1240. The fraction of sp³-hybridized carbons (Fsp3) is 0.0870. The van der Waals surface area contributed by atoms with Crippen LogP contribution in [0.15, 0.2) is 80.0 Å². The number of ether oxygens (including phenoxy) is 1. The van der Waals surface area contributed by atoms with Crippen molar-refractivity contribution in [2.75, 3.05) is 19.0 Å². The minimum Gasteiger partial charge on any atom is -0.495 e. The molecule has 7 nitrogen and oxygen atoms in total. The van der Waals surface area contributed by atoms with Crippen molar-refractivity contribution in [2.24, 2.45) is 0 Å². The van der Waals surface area contributed by atoms with Gasteiger partial charge >= 0.3 is 0 Å². The lowest BCUT2D eigenvalue weighted by molar-refractivity contribution is -0.127. The van der Waals surface area contributed by atoms with Gasteiger partial charge in [0.25, 0.3) is 11.1 Å². The predicted octanol–water partition coefficient (Wildman–Crippen LogP) is 5.77. The Labute approximate surface area is 203 Å². The second-order valence-corrected chi connectivity index (χ2v) is 9.22. The average molecular weight is 501 g/mol. The molecule has 33 heavy (non-hydrogen) atoms. The van der Waals surface area contributed by atoms with E-state index >= 15 is 0 Å². The highest BCUT2D eigenvalue weighted by Gasteiger charge is 2.36. The summed E-state index contributed by atoms with van der Waals surface area (Å²) in [6.07, 6.45) is 1.50. The van der Waals surface area contributed by atoms with E-state index in [4.69, 9.17) is 20.8 Å². The van der Waals surface area contributed by atoms with Crippen molar-refractivity contribution in [1.29, 1.82) is 0 Å². The van der Waals surface area contributed by atoms with Gasteiger partial charge in [-0.1, -0.05) is 41.6 Å². The Morgan fingerprint density at radius 1 is 1.18 bits per heavy atom. The summed E-state index contributed by atoms with van der Waals surface area (Å²) < 4.78 is 10.8. The zero-order chi connectivity index (χ0) is 23.4. The molecule has 2 heterocycles. The average Bonchev–Trinajstić information content (AvgIpc) is 3.34. The third kappa shape index (κ3) is 5.62. The maximum absolute atomic E-state index is 12.7.